The molecular formula is C17H30O4. The highest BCUT2D eigenvalue weighted by atomic mass is 16.6. The average Bonchev–Trinajstić information content (AvgIpc) is 2.24. The first-order valence-corrected chi connectivity index (χ1v) is 7.97. The van der Waals surface area contributed by atoms with Crippen molar-refractivity contribution in [1.82, 2.24) is 0 Å². The monoisotopic (exact) mass is 298 g/mol. The zero-order valence-corrected chi connectivity index (χ0v) is 13.7. The molecule has 0 amide bonds. The van der Waals surface area contributed by atoms with Gasteiger partial charge in [0.05, 0.1) is 11.7 Å². The van der Waals surface area contributed by atoms with Gasteiger partial charge in [0, 0.05) is 11.8 Å². The number of aliphatic hydroxyl groups excluding tert-OH is 2. The molecule has 2 rings (SSSR count). The van der Waals surface area contributed by atoms with Gasteiger partial charge in [-0.05, 0) is 64.9 Å². The molecule has 0 aromatic rings. The second kappa shape index (κ2) is 5.17. The van der Waals surface area contributed by atoms with Crippen LogP contribution in [0.4, 0.5) is 0 Å². The van der Waals surface area contributed by atoms with E-state index in [4.69, 9.17) is 4.74 Å². The first-order valence-electron chi connectivity index (χ1n) is 7.97. The molecule has 0 aromatic carbocycles. The summed E-state index contributed by atoms with van der Waals surface area (Å²) in [6.45, 7) is 11.1. The fourth-order valence-electron chi connectivity index (χ4n) is 4.99. The van der Waals surface area contributed by atoms with Crippen molar-refractivity contribution in [2.45, 2.75) is 77.1 Å². The van der Waals surface area contributed by atoms with Crippen LogP contribution in [0.3, 0.4) is 0 Å². The Kier molecular flexibility index (Phi) is 4.09. The van der Waals surface area contributed by atoms with Gasteiger partial charge in [-0.3, -0.25) is 0 Å². The van der Waals surface area contributed by atoms with Crippen LogP contribution in [0, 0.1) is 17.3 Å². The van der Waals surface area contributed by atoms with E-state index in [1.54, 1.807) is 13.8 Å². The Morgan fingerprint density at radius 3 is 2.38 bits per heavy atom. The maximum Gasteiger partial charge on any atom is 0.269 e. The minimum absolute atomic E-state index is 0.0242. The van der Waals surface area contributed by atoms with Crippen molar-refractivity contribution in [3.8, 4) is 0 Å². The summed E-state index contributed by atoms with van der Waals surface area (Å²) in [6.07, 6.45) is 3.96. The molecule has 122 valence electrons. The molecule has 0 bridgehead atoms. The standard InChI is InChI=1S/C17H30O4/c1-11(18)21-17(5)9-6-8-16(4)10-7-12(15(2,3)20)13(19)14(16)17/h12-14,18-20H,1,6-10H2,2-5H3. The third-order valence-electron chi connectivity index (χ3n) is 5.87. The Labute approximate surface area is 127 Å². The van der Waals surface area contributed by atoms with Crippen LogP contribution in [-0.4, -0.2) is 32.6 Å². The molecule has 0 saturated heterocycles. The lowest BCUT2D eigenvalue weighted by Gasteiger charge is -2.58. The van der Waals surface area contributed by atoms with E-state index in [9.17, 15) is 15.3 Å². The van der Waals surface area contributed by atoms with Crippen LogP contribution in [0.25, 0.3) is 0 Å². The van der Waals surface area contributed by atoms with Crippen molar-refractivity contribution >= 4 is 0 Å². The van der Waals surface area contributed by atoms with E-state index in [1.807, 2.05) is 6.92 Å². The van der Waals surface area contributed by atoms with Crippen LogP contribution in [0.5, 0.6) is 0 Å². The minimum atomic E-state index is -0.921. The quantitative estimate of drug-likeness (QED) is 0.700. The lowest BCUT2D eigenvalue weighted by atomic mass is 9.51. The Hall–Kier alpha value is -0.740. The highest BCUT2D eigenvalue weighted by Crippen LogP contribution is 2.58. The van der Waals surface area contributed by atoms with Crippen LogP contribution < -0.4 is 0 Å². The Balaban J connectivity index is 2.37. The summed E-state index contributed by atoms with van der Waals surface area (Å²) in [7, 11) is 0. The van der Waals surface area contributed by atoms with Gasteiger partial charge < -0.3 is 20.1 Å². The topological polar surface area (TPSA) is 69.9 Å². The van der Waals surface area contributed by atoms with Gasteiger partial charge >= 0.3 is 0 Å². The predicted octanol–water partition coefficient (Wildman–Crippen LogP) is 3.14. The summed E-state index contributed by atoms with van der Waals surface area (Å²) in [5.74, 6) is -0.587. The molecule has 4 nitrogen and oxygen atoms in total. The zero-order chi connectivity index (χ0) is 16.1. The van der Waals surface area contributed by atoms with E-state index >= 15 is 0 Å². The third-order valence-corrected chi connectivity index (χ3v) is 5.87. The number of hydrogen-bond acceptors (Lipinski definition) is 4. The summed E-state index contributed by atoms with van der Waals surface area (Å²) in [4.78, 5) is 0. The van der Waals surface area contributed by atoms with E-state index in [-0.39, 0.29) is 23.2 Å². The number of rotatable bonds is 3. The Bertz CT molecular complexity index is 414. The normalized spacial score (nSPS) is 44.0. The fraction of sp³-hybridized carbons (Fsp3) is 0.882. The lowest BCUT2D eigenvalue weighted by molar-refractivity contribution is -0.217. The van der Waals surface area contributed by atoms with Gasteiger partial charge in [-0.25, -0.2) is 0 Å². The SMILES string of the molecule is C=C(O)OC1(C)CCCC2(C)CCC(C(C)(C)O)C(O)C21. The number of aliphatic hydroxyl groups is 3. The molecule has 2 aliphatic carbocycles. The van der Waals surface area contributed by atoms with Gasteiger partial charge in [-0.15, -0.1) is 0 Å². The van der Waals surface area contributed by atoms with E-state index < -0.39 is 17.3 Å². The highest BCUT2D eigenvalue weighted by molar-refractivity contribution is 5.09. The molecule has 21 heavy (non-hydrogen) atoms. The van der Waals surface area contributed by atoms with Crippen LogP contribution >= 0.6 is 0 Å². The van der Waals surface area contributed by atoms with Gasteiger partial charge in [-0.2, -0.15) is 0 Å². The molecule has 2 saturated carbocycles. The second-order valence-electron chi connectivity index (χ2n) is 8.08. The van der Waals surface area contributed by atoms with E-state index in [0.717, 1.165) is 32.1 Å². The van der Waals surface area contributed by atoms with E-state index in [0.29, 0.717) is 0 Å². The zero-order valence-electron chi connectivity index (χ0n) is 13.7. The molecule has 0 radical (unpaired) electrons. The third kappa shape index (κ3) is 2.93. The van der Waals surface area contributed by atoms with Crippen LogP contribution in [0.1, 0.15) is 59.8 Å². The first kappa shape index (κ1) is 16.6. The highest BCUT2D eigenvalue weighted by Gasteiger charge is 2.59. The number of ether oxygens (including phenoxy) is 1. The van der Waals surface area contributed by atoms with Crippen molar-refractivity contribution in [2.24, 2.45) is 17.3 Å². The van der Waals surface area contributed by atoms with E-state index in [2.05, 4.69) is 13.5 Å². The fourth-order valence-corrected chi connectivity index (χ4v) is 4.99. The molecule has 4 heteroatoms. The second-order valence-corrected chi connectivity index (χ2v) is 8.08. The smallest absolute Gasteiger partial charge is 0.269 e. The minimum Gasteiger partial charge on any atom is -0.481 e. The molecule has 0 aliphatic heterocycles. The summed E-state index contributed by atoms with van der Waals surface area (Å²) < 4.78 is 5.66. The molecule has 5 atom stereocenters. The Morgan fingerprint density at radius 2 is 1.86 bits per heavy atom. The van der Waals surface area contributed by atoms with Crippen LogP contribution in [0.2, 0.25) is 0 Å². The van der Waals surface area contributed by atoms with Crippen LogP contribution in [0.15, 0.2) is 12.5 Å². The summed E-state index contributed by atoms with van der Waals surface area (Å²) >= 11 is 0. The van der Waals surface area contributed by atoms with Gasteiger partial charge in [0.2, 0.25) is 0 Å². The molecule has 0 heterocycles. The summed E-state index contributed by atoms with van der Waals surface area (Å²) in [6, 6.07) is 0. The molecular weight excluding hydrogens is 268 g/mol. The molecule has 0 aromatic heterocycles. The average molecular weight is 298 g/mol. The molecule has 5 unspecified atom stereocenters. The molecule has 2 fully saturated rings. The molecule has 3 N–H and O–H groups in total. The Morgan fingerprint density at radius 1 is 1.24 bits per heavy atom. The van der Waals surface area contributed by atoms with E-state index in [1.165, 1.54) is 0 Å². The van der Waals surface area contributed by atoms with Crippen molar-refractivity contribution in [1.29, 1.82) is 0 Å². The van der Waals surface area contributed by atoms with Gasteiger partial charge in [-0.1, -0.05) is 6.92 Å². The van der Waals surface area contributed by atoms with Gasteiger partial charge in [0.1, 0.15) is 5.60 Å². The molecule has 0 spiro atoms. The number of fused-ring (bicyclic) bond motifs is 1. The van der Waals surface area contributed by atoms with Crippen molar-refractivity contribution in [2.75, 3.05) is 0 Å². The van der Waals surface area contributed by atoms with Crippen molar-refractivity contribution in [3.05, 3.63) is 12.5 Å². The summed E-state index contributed by atoms with van der Waals surface area (Å²) in [5, 5.41) is 30.8. The predicted molar refractivity (Wildman–Crippen MR) is 81.7 cm³/mol. The summed E-state index contributed by atoms with van der Waals surface area (Å²) in [5.41, 5.74) is -1.58. The van der Waals surface area contributed by atoms with Crippen molar-refractivity contribution in [3.63, 3.8) is 0 Å². The lowest BCUT2D eigenvalue weighted by Crippen LogP contribution is -2.61. The molecule has 2 aliphatic rings. The van der Waals surface area contributed by atoms with Crippen LogP contribution in [-0.2, 0) is 4.74 Å². The van der Waals surface area contributed by atoms with Crippen molar-refractivity contribution < 1.29 is 20.1 Å². The maximum atomic E-state index is 11.0. The van der Waals surface area contributed by atoms with Gasteiger partial charge in [0.25, 0.3) is 5.95 Å². The number of hydrogen-bond donors (Lipinski definition) is 3. The maximum absolute atomic E-state index is 11.0. The largest absolute Gasteiger partial charge is 0.481 e. The first-order chi connectivity index (χ1) is 9.50. The van der Waals surface area contributed by atoms with Gasteiger partial charge in [0.15, 0.2) is 0 Å².